The van der Waals surface area contributed by atoms with Crippen LogP contribution in [0.5, 0.6) is 0 Å². The zero-order valence-electron chi connectivity index (χ0n) is 14.4. The summed E-state index contributed by atoms with van der Waals surface area (Å²) in [4.78, 5) is 14.8. The van der Waals surface area contributed by atoms with E-state index < -0.39 is 0 Å². The van der Waals surface area contributed by atoms with Gasteiger partial charge in [-0.2, -0.15) is 0 Å². The quantitative estimate of drug-likeness (QED) is 0.813. The molecule has 0 aromatic carbocycles. The minimum absolute atomic E-state index is 0.0198. The zero-order valence-corrected chi connectivity index (χ0v) is 14.4. The molecule has 2 saturated heterocycles. The number of ether oxygens (including phenoxy) is 2. The van der Waals surface area contributed by atoms with Gasteiger partial charge in [0.1, 0.15) is 17.6 Å². The summed E-state index contributed by atoms with van der Waals surface area (Å²) in [6.07, 6.45) is -0.119. The summed E-state index contributed by atoms with van der Waals surface area (Å²) in [5.74, 6) is 1.74. The van der Waals surface area contributed by atoms with Crippen molar-refractivity contribution < 1.29 is 18.7 Å². The van der Waals surface area contributed by atoms with Crippen molar-refractivity contribution in [2.75, 3.05) is 46.0 Å². The highest BCUT2D eigenvalue weighted by molar-refractivity contribution is 5.82. The largest absolute Gasteiger partial charge is 0.465 e. The summed E-state index contributed by atoms with van der Waals surface area (Å²) in [5.41, 5.74) is 0. The first-order chi connectivity index (χ1) is 11.6. The molecule has 0 aliphatic carbocycles. The van der Waals surface area contributed by atoms with E-state index in [-0.39, 0.29) is 24.1 Å². The Morgan fingerprint density at radius 1 is 1.38 bits per heavy atom. The van der Waals surface area contributed by atoms with E-state index in [1.165, 1.54) is 0 Å². The van der Waals surface area contributed by atoms with Crippen LogP contribution in [0.15, 0.2) is 16.5 Å². The first kappa shape index (κ1) is 17.4. The van der Waals surface area contributed by atoms with Gasteiger partial charge < -0.3 is 24.5 Å². The molecule has 7 heteroatoms. The number of hydrogen-bond donors (Lipinski definition) is 2. The molecule has 3 rings (SSSR count). The highest BCUT2D eigenvalue weighted by atomic mass is 16.5. The molecular formula is C17H27N3O4. The average molecular weight is 337 g/mol. The highest BCUT2D eigenvalue weighted by Gasteiger charge is 2.30. The summed E-state index contributed by atoms with van der Waals surface area (Å²) in [6, 6.07) is 3.67. The van der Waals surface area contributed by atoms with Crippen molar-refractivity contribution in [1.29, 1.82) is 0 Å². The maximum absolute atomic E-state index is 12.5. The molecule has 1 amide bonds. The molecule has 2 aliphatic heterocycles. The van der Waals surface area contributed by atoms with E-state index in [0.29, 0.717) is 32.9 Å². The highest BCUT2D eigenvalue weighted by Crippen LogP contribution is 2.23. The summed E-state index contributed by atoms with van der Waals surface area (Å²) >= 11 is 0. The first-order valence-electron chi connectivity index (χ1n) is 8.66. The summed E-state index contributed by atoms with van der Waals surface area (Å²) in [5, 5.41) is 6.29. The first-order valence-corrected chi connectivity index (χ1v) is 8.66. The van der Waals surface area contributed by atoms with Crippen LogP contribution in [0.25, 0.3) is 0 Å². The number of nitrogens with one attached hydrogen (secondary N) is 2. The van der Waals surface area contributed by atoms with Crippen molar-refractivity contribution in [2.24, 2.45) is 0 Å². The topological polar surface area (TPSA) is 76.0 Å². The van der Waals surface area contributed by atoms with Gasteiger partial charge in [-0.25, -0.2) is 0 Å². The number of nitrogens with zero attached hydrogens (tertiary/aromatic N) is 1. The summed E-state index contributed by atoms with van der Waals surface area (Å²) in [7, 11) is 0. The number of amides is 1. The lowest BCUT2D eigenvalue weighted by atomic mass is 10.1. The smallest absolute Gasteiger partial charge is 0.239 e. The van der Waals surface area contributed by atoms with Gasteiger partial charge in [0.25, 0.3) is 0 Å². The molecule has 24 heavy (non-hydrogen) atoms. The van der Waals surface area contributed by atoms with Crippen LogP contribution in [0.2, 0.25) is 0 Å². The van der Waals surface area contributed by atoms with Crippen LogP contribution in [0.3, 0.4) is 0 Å². The van der Waals surface area contributed by atoms with E-state index in [2.05, 4.69) is 15.5 Å². The van der Waals surface area contributed by atoms with E-state index >= 15 is 0 Å². The summed E-state index contributed by atoms with van der Waals surface area (Å²) in [6.45, 7) is 8.80. The normalized spacial score (nSPS) is 26.9. The fourth-order valence-electron chi connectivity index (χ4n) is 3.27. The van der Waals surface area contributed by atoms with Gasteiger partial charge in [-0.05, 0) is 26.0 Å². The molecule has 7 nitrogen and oxygen atoms in total. The van der Waals surface area contributed by atoms with Gasteiger partial charge in [0.15, 0.2) is 0 Å². The third-order valence-electron chi connectivity index (χ3n) is 4.64. The predicted octanol–water partition coefficient (Wildman–Crippen LogP) is 0.454. The van der Waals surface area contributed by atoms with Crippen molar-refractivity contribution in [3.05, 3.63) is 23.7 Å². The van der Waals surface area contributed by atoms with E-state index in [0.717, 1.165) is 24.6 Å². The van der Waals surface area contributed by atoms with Gasteiger partial charge in [-0.15, -0.1) is 0 Å². The van der Waals surface area contributed by atoms with Crippen molar-refractivity contribution in [3.63, 3.8) is 0 Å². The Morgan fingerprint density at radius 2 is 2.17 bits per heavy atom. The third kappa shape index (κ3) is 4.16. The minimum Gasteiger partial charge on any atom is -0.465 e. The Hall–Kier alpha value is -1.41. The van der Waals surface area contributed by atoms with Crippen LogP contribution in [0.1, 0.15) is 24.5 Å². The number of morpholine rings is 2. The van der Waals surface area contributed by atoms with Crippen LogP contribution in [0.4, 0.5) is 0 Å². The number of aryl methyl sites for hydroxylation is 1. The van der Waals surface area contributed by atoms with E-state index in [9.17, 15) is 4.79 Å². The lowest BCUT2D eigenvalue weighted by molar-refractivity contribution is -0.129. The second kappa shape index (κ2) is 8.11. The van der Waals surface area contributed by atoms with Crippen molar-refractivity contribution in [2.45, 2.75) is 32.0 Å². The molecule has 134 valence electrons. The van der Waals surface area contributed by atoms with Gasteiger partial charge in [0.05, 0.1) is 32.0 Å². The molecule has 1 unspecified atom stereocenters. The summed E-state index contributed by atoms with van der Waals surface area (Å²) < 4.78 is 16.8. The Balaban J connectivity index is 1.64. The molecule has 2 aliphatic rings. The fourth-order valence-corrected chi connectivity index (χ4v) is 3.27. The average Bonchev–Trinajstić information content (AvgIpc) is 3.02. The molecule has 1 aromatic heterocycles. The Kier molecular flexibility index (Phi) is 5.89. The minimum atomic E-state index is -0.303. The standard InChI is InChI=1S/C17H27N3O4/c1-12-3-4-15(24-12)14(20-6-9-22-10-7-20)11-19-17(21)16-13(2)23-8-5-18-16/h3-4,13-14,16,18H,5-11H2,1-2H3,(H,19,21)/t13-,14?,16+/m1/s1. The van der Waals surface area contributed by atoms with Gasteiger partial charge >= 0.3 is 0 Å². The van der Waals surface area contributed by atoms with Crippen LogP contribution < -0.4 is 10.6 Å². The van der Waals surface area contributed by atoms with E-state index in [1.54, 1.807) is 0 Å². The van der Waals surface area contributed by atoms with Crippen molar-refractivity contribution in [1.82, 2.24) is 15.5 Å². The predicted molar refractivity (Wildman–Crippen MR) is 88.8 cm³/mol. The van der Waals surface area contributed by atoms with Crippen molar-refractivity contribution >= 4 is 5.91 Å². The molecule has 0 saturated carbocycles. The molecule has 2 N–H and O–H groups in total. The number of rotatable bonds is 5. The number of hydrogen-bond acceptors (Lipinski definition) is 6. The molecule has 0 spiro atoms. The number of carbonyl (C=O) groups excluding carboxylic acids is 1. The molecular weight excluding hydrogens is 310 g/mol. The molecule has 0 radical (unpaired) electrons. The van der Waals surface area contributed by atoms with Crippen LogP contribution >= 0.6 is 0 Å². The van der Waals surface area contributed by atoms with Gasteiger partial charge in [-0.1, -0.05) is 0 Å². The monoisotopic (exact) mass is 337 g/mol. The molecule has 1 aromatic rings. The Labute approximate surface area is 142 Å². The molecule has 3 heterocycles. The Bertz CT molecular complexity index is 542. The van der Waals surface area contributed by atoms with E-state index in [4.69, 9.17) is 13.9 Å². The lowest BCUT2D eigenvalue weighted by Gasteiger charge is -2.34. The Morgan fingerprint density at radius 3 is 2.83 bits per heavy atom. The van der Waals surface area contributed by atoms with Gasteiger partial charge in [0, 0.05) is 26.2 Å². The van der Waals surface area contributed by atoms with Crippen LogP contribution in [-0.2, 0) is 14.3 Å². The van der Waals surface area contributed by atoms with Crippen LogP contribution in [-0.4, -0.2) is 69.0 Å². The lowest BCUT2D eigenvalue weighted by Crippen LogP contribution is -2.56. The zero-order chi connectivity index (χ0) is 16.9. The van der Waals surface area contributed by atoms with Gasteiger partial charge in [-0.3, -0.25) is 9.69 Å². The van der Waals surface area contributed by atoms with E-state index in [1.807, 2.05) is 26.0 Å². The third-order valence-corrected chi connectivity index (χ3v) is 4.64. The maximum atomic E-state index is 12.5. The SMILES string of the molecule is Cc1ccc(C(CNC(=O)[C@H]2NCCO[C@@H]2C)N2CCOCC2)o1. The molecule has 0 bridgehead atoms. The van der Waals surface area contributed by atoms with Gasteiger partial charge in [0.2, 0.25) is 5.91 Å². The fraction of sp³-hybridized carbons (Fsp3) is 0.706. The number of carbonyl (C=O) groups is 1. The second-order valence-electron chi connectivity index (χ2n) is 6.37. The number of furan rings is 1. The maximum Gasteiger partial charge on any atom is 0.239 e. The molecule has 2 fully saturated rings. The van der Waals surface area contributed by atoms with Crippen LogP contribution in [0, 0.1) is 6.92 Å². The second-order valence-corrected chi connectivity index (χ2v) is 6.37. The van der Waals surface area contributed by atoms with Crippen molar-refractivity contribution in [3.8, 4) is 0 Å². The molecule has 3 atom stereocenters.